The molecule has 2 aliphatic carbocycles. The van der Waals surface area contributed by atoms with Crippen molar-refractivity contribution in [2.75, 3.05) is 14.1 Å². The van der Waals surface area contributed by atoms with Gasteiger partial charge in [-0.05, 0) is 70.5 Å². The molecule has 1 fully saturated rings. The first kappa shape index (κ1) is 19.9. The van der Waals surface area contributed by atoms with Crippen molar-refractivity contribution in [1.29, 1.82) is 0 Å². The molecule has 1 N–H and O–H groups in total. The van der Waals surface area contributed by atoms with Crippen LogP contribution in [0.25, 0.3) is 10.2 Å². The van der Waals surface area contributed by atoms with Crippen molar-refractivity contribution >= 4 is 21.6 Å². The van der Waals surface area contributed by atoms with E-state index in [1.165, 1.54) is 16.7 Å². The molecule has 0 amide bonds. The van der Waals surface area contributed by atoms with Gasteiger partial charge in [-0.3, -0.25) is 0 Å². The van der Waals surface area contributed by atoms with E-state index in [1.807, 2.05) is 0 Å². The summed E-state index contributed by atoms with van der Waals surface area (Å²) in [4.78, 5) is 17.8. The van der Waals surface area contributed by atoms with Crippen LogP contribution in [0.15, 0.2) is 23.2 Å². The Labute approximate surface area is 180 Å². The first-order valence-electron chi connectivity index (χ1n) is 10.8. The molecule has 5 rings (SSSR count). The molecule has 160 valence electrons. The van der Waals surface area contributed by atoms with Crippen molar-refractivity contribution in [2.45, 2.75) is 69.1 Å². The third kappa shape index (κ3) is 3.72. The second-order valence-corrected chi connectivity index (χ2v) is 9.75. The summed E-state index contributed by atoms with van der Waals surface area (Å²) in [5, 5.41) is 11.6. The Balaban J connectivity index is 1.39. The van der Waals surface area contributed by atoms with Crippen LogP contribution in [0.1, 0.15) is 66.9 Å². The summed E-state index contributed by atoms with van der Waals surface area (Å²) in [5.41, 5.74) is 1.26. The van der Waals surface area contributed by atoms with Gasteiger partial charge >= 0.3 is 0 Å². The number of aliphatic hydroxyl groups is 1. The lowest BCUT2D eigenvalue weighted by Crippen LogP contribution is -2.35. The van der Waals surface area contributed by atoms with Gasteiger partial charge < -0.3 is 19.2 Å². The average molecular weight is 429 g/mol. The maximum atomic E-state index is 10.6. The summed E-state index contributed by atoms with van der Waals surface area (Å²) in [5.74, 6) is 1.32. The fraction of sp³-hybridized carbons (Fsp3) is 0.591. The minimum absolute atomic E-state index is 0.201. The molecule has 8 heteroatoms. The van der Waals surface area contributed by atoms with E-state index in [4.69, 9.17) is 9.15 Å². The second-order valence-electron chi connectivity index (χ2n) is 8.67. The van der Waals surface area contributed by atoms with Crippen LogP contribution in [-0.4, -0.2) is 51.2 Å². The van der Waals surface area contributed by atoms with Gasteiger partial charge in [-0.15, -0.1) is 11.3 Å². The number of hydrogen-bond donors (Lipinski definition) is 1. The van der Waals surface area contributed by atoms with Gasteiger partial charge in [0.1, 0.15) is 29.6 Å². The minimum atomic E-state index is -0.707. The summed E-state index contributed by atoms with van der Waals surface area (Å²) < 4.78 is 11.8. The summed E-state index contributed by atoms with van der Waals surface area (Å²) >= 11 is 1.74. The maximum absolute atomic E-state index is 10.6. The van der Waals surface area contributed by atoms with Crippen LogP contribution in [0.2, 0.25) is 0 Å². The smallest absolute Gasteiger partial charge is 0.225 e. The van der Waals surface area contributed by atoms with Gasteiger partial charge in [-0.1, -0.05) is 0 Å². The van der Waals surface area contributed by atoms with Crippen LogP contribution in [0.4, 0.5) is 0 Å². The number of rotatable bonds is 6. The van der Waals surface area contributed by atoms with E-state index in [1.54, 1.807) is 23.9 Å². The van der Waals surface area contributed by atoms with Crippen LogP contribution in [0.5, 0.6) is 5.88 Å². The number of aryl methyl sites for hydroxylation is 1. The monoisotopic (exact) mass is 428 g/mol. The van der Waals surface area contributed by atoms with Gasteiger partial charge in [0.25, 0.3) is 0 Å². The van der Waals surface area contributed by atoms with Crippen LogP contribution in [-0.2, 0) is 6.42 Å². The number of hydrogen-bond acceptors (Lipinski definition) is 8. The predicted octanol–water partition coefficient (Wildman–Crippen LogP) is 4.08. The fourth-order valence-electron chi connectivity index (χ4n) is 4.97. The highest BCUT2D eigenvalue weighted by molar-refractivity contribution is 7.19. The van der Waals surface area contributed by atoms with E-state index >= 15 is 0 Å². The normalized spacial score (nSPS) is 25.0. The highest BCUT2D eigenvalue weighted by Crippen LogP contribution is 2.48. The van der Waals surface area contributed by atoms with Gasteiger partial charge in [-0.2, -0.15) is 0 Å². The Hall–Kier alpha value is -2.03. The lowest BCUT2D eigenvalue weighted by atomic mass is 9.92. The highest BCUT2D eigenvalue weighted by atomic mass is 32.1. The Bertz CT molecular complexity index is 995. The van der Waals surface area contributed by atoms with Crippen molar-refractivity contribution in [3.63, 3.8) is 0 Å². The molecule has 3 aromatic rings. The molecule has 0 spiro atoms. The van der Waals surface area contributed by atoms with Crippen molar-refractivity contribution in [2.24, 2.45) is 0 Å². The molecule has 3 heterocycles. The number of oxazole rings is 1. The van der Waals surface area contributed by atoms with Gasteiger partial charge in [0.2, 0.25) is 11.8 Å². The number of aromatic nitrogens is 3. The molecule has 0 aliphatic heterocycles. The number of fused-ring (bicyclic) bond motifs is 3. The van der Waals surface area contributed by atoms with Crippen molar-refractivity contribution in [3.05, 3.63) is 35.1 Å². The minimum Gasteiger partial charge on any atom is -0.474 e. The van der Waals surface area contributed by atoms with Crippen molar-refractivity contribution < 1.29 is 14.3 Å². The second kappa shape index (κ2) is 8.24. The van der Waals surface area contributed by atoms with E-state index in [0.29, 0.717) is 24.2 Å². The van der Waals surface area contributed by atoms with Gasteiger partial charge in [0.05, 0.1) is 11.6 Å². The van der Waals surface area contributed by atoms with E-state index in [-0.39, 0.29) is 12.0 Å². The molecule has 30 heavy (non-hydrogen) atoms. The summed E-state index contributed by atoms with van der Waals surface area (Å²) in [6.45, 7) is 0. The lowest BCUT2D eigenvalue weighted by molar-refractivity contribution is 0.108. The molecule has 0 bridgehead atoms. The maximum Gasteiger partial charge on any atom is 0.225 e. The molecule has 0 aromatic carbocycles. The molecular formula is C22H28N4O3S. The number of ether oxygens (including phenoxy) is 1. The van der Waals surface area contributed by atoms with E-state index in [9.17, 15) is 5.11 Å². The third-order valence-electron chi connectivity index (χ3n) is 6.59. The van der Waals surface area contributed by atoms with Gasteiger partial charge in [-0.25, -0.2) is 15.0 Å². The summed E-state index contributed by atoms with van der Waals surface area (Å²) in [6, 6.07) is 0.641. The SMILES string of the molecule is CN(C)[C@H]1CC[C@H](Oc2ncnc3sc4c(c23)C(CC(O)c2ncco2)CC4)CC1. The summed E-state index contributed by atoms with van der Waals surface area (Å²) in [7, 11) is 4.31. The fourth-order valence-corrected chi connectivity index (χ4v) is 6.20. The number of thiophene rings is 1. The van der Waals surface area contributed by atoms with Crippen LogP contribution in [0, 0.1) is 0 Å². The first-order valence-corrected chi connectivity index (χ1v) is 11.6. The van der Waals surface area contributed by atoms with Crippen molar-refractivity contribution in [1.82, 2.24) is 19.9 Å². The third-order valence-corrected chi connectivity index (χ3v) is 7.77. The molecule has 2 aliphatic rings. The van der Waals surface area contributed by atoms with Crippen molar-refractivity contribution in [3.8, 4) is 5.88 Å². The molecule has 0 radical (unpaired) electrons. The Morgan fingerprint density at radius 3 is 2.77 bits per heavy atom. The zero-order chi connectivity index (χ0) is 20.7. The Kier molecular flexibility index (Phi) is 5.47. The molecule has 1 saturated carbocycles. The van der Waals surface area contributed by atoms with E-state index in [0.717, 1.165) is 48.7 Å². The quantitative estimate of drug-likeness (QED) is 0.633. The molecule has 3 aromatic heterocycles. The van der Waals surface area contributed by atoms with Crippen LogP contribution >= 0.6 is 11.3 Å². The highest BCUT2D eigenvalue weighted by Gasteiger charge is 2.33. The molecule has 0 saturated heterocycles. The standard InChI is InChI=1S/C22H28N4O3S/c1-26(2)14-4-6-15(7-5-14)29-21-19-18-13(11-16(27)20-23-9-10-28-20)3-8-17(18)30-22(19)25-12-24-21/h9-10,12-16,27H,3-8,11H2,1-2H3/t13?,14-,15-,16?. The van der Waals surface area contributed by atoms with Gasteiger partial charge in [0, 0.05) is 10.9 Å². The molecule has 2 unspecified atom stereocenters. The predicted molar refractivity (Wildman–Crippen MR) is 115 cm³/mol. The lowest BCUT2D eigenvalue weighted by Gasteiger charge is -2.32. The first-order chi connectivity index (χ1) is 14.6. The number of aliphatic hydroxyl groups excluding tert-OH is 1. The molecule has 7 nitrogen and oxygen atoms in total. The topological polar surface area (TPSA) is 84.5 Å². The largest absolute Gasteiger partial charge is 0.474 e. The van der Waals surface area contributed by atoms with E-state index < -0.39 is 6.10 Å². The zero-order valence-corrected chi connectivity index (χ0v) is 18.3. The van der Waals surface area contributed by atoms with E-state index in [2.05, 4.69) is 33.9 Å². The van der Waals surface area contributed by atoms with Crippen LogP contribution in [0.3, 0.4) is 0 Å². The Morgan fingerprint density at radius 2 is 2.03 bits per heavy atom. The average Bonchev–Trinajstić information content (AvgIpc) is 3.46. The summed E-state index contributed by atoms with van der Waals surface area (Å²) in [6.07, 6.45) is 11.2. The molecular weight excluding hydrogens is 400 g/mol. The number of nitrogens with zero attached hydrogens (tertiary/aromatic N) is 4. The van der Waals surface area contributed by atoms with Gasteiger partial charge in [0.15, 0.2) is 0 Å². The zero-order valence-electron chi connectivity index (χ0n) is 17.5. The molecule has 2 atom stereocenters. The van der Waals surface area contributed by atoms with Crippen LogP contribution < -0.4 is 4.74 Å². The Morgan fingerprint density at radius 1 is 1.20 bits per heavy atom.